The van der Waals surface area contributed by atoms with E-state index in [1.165, 1.54) is 0 Å². The first-order valence-electron chi connectivity index (χ1n) is 5.08. The first kappa shape index (κ1) is 13.3. The summed E-state index contributed by atoms with van der Waals surface area (Å²) in [6.07, 6.45) is 1.79. The molecule has 2 N–H and O–H groups in total. The Morgan fingerprint density at radius 1 is 1.56 bits per heavy atom. The highest BCUT2D eigenvalue weighted by atomic mass is 32.1. The van der Waals surface area contributed by atoms with Gasteiger partial charge in [-0.3, -0.25) is 0 Å². The third kappa shape index (κ3) is 4.42. The second kappa shape index (κ2) is 6.78. The number of thiazole rings is 1. The van der Waals surface area contributed by atoms with Crippen LogP contribution >= 0.6 is 23.6 Å². The van der Waals surface area contributed by atoms with E-state index in [1.807, 2.05) is 19.2 Å². The van der Waals surface area contributed by atoms with Gasteiger partial charge in [0.15, 0.2) is 5.11 Å². The molecule has 0 radical (unpaired) electrons. The average molecular weight is 259 g/mol. The lowest BCUT2D eigenvalue weighted by molar-refractivity contribution is 0.179. The van der Waals surface area contributed by atoms with Gasteiger partial charge in [-0.05, 0) is 26.1 Å². The maximum absolute atomic E-state index is 5.19. The van der Waals surface area contributed by atoms with Crippen molar-refractivity contribution in [1.29, 1.82) is 0 Å². The lowest BCUT2D eigenvalue weighted by Crippen LogP contribution is -2.43. The standard InChI is InChI=1S/C10H17N3OS2/c1-7(6-14-3)12-10(15)13-8(2)9-11-4-5-16-9/h4-5,7-8H,6H2,1-3H3,(H2,12,13,15). The van der Waals surface area contributed by atoms with Gasteiger partial charge in [0, 0.05) is 24.7 Å². The molecule has 90 valence electrons. The molecule has 0 bridgehead atoms. The zero-order chi connectivity index (χ0) is 12.0. The summed E-state index contributed by atoms with van der Waals surface area (Å²) in [6, 6.07) is 0.336. The molecule has 2 atom stereocenters. The van der Waals surface area contributed by atoms with Gasteiger partial charge in [-0.2, -0.15) is 0 Å². The number of rotatable bonds is 5. The zero-order valence-corrected chi connectivity index (χ0v) is 11.3. The van der Waals surface area contributed by atoms with Crippen molar-refractivity contribution in [1.82, 2.24) is 15.6 Å². The van der Waals surface area contributed by atoms with Gasteiger partial charge in [0.25, 0.3) is 0 Å². The summed E-state index contributed by atoms with van der Waals surface area (Å²) in [4.78, 5) is 4.23. The topological polar surface area (TPSA) is 46.2 Å². The highest BCUT2D eigenvalue weighted by Gasteiger charge is 2.10. The Labute approximate surface area is 105 Å². The maximum atomic E-state index is 5.19. The number of aromatic nitrogens is 1. The van der Waals surface area contributed by atoms with Gasteiger partial charge in [-0.1, -0.05) is 0 Å². The van der Waals surface area contributed by atoms with E-state index in [2.05, 4.69) is 15.6 Å². The number of hydrogen-bond acceptors (Lipinski definition) is 4. The smallest absolute Gasteiger partial charge is 0.167 e. The molecule has 1 aromatic rings. The number of ether oxygens (including phenoxy) is 1. The predicted molar refractivity (Wildman–Crippen MR) is 70.7 cm³/mol. The lowest BCUT2D eigenvalue weighted by atomic mass is 10.3. The van der Waals surface area contributed by atoms with Crippen molar-refractivity contribution in [3.63, 3.8) is 0 Å². The van der Waals surface area contributed by atoms with Gasteiger partial charge in [-0.15, -0.1) is 11.3 Å². The van der Waals surface area contributed by atoms with E-state index in [4.69, 9.17) is 17.0 Å². The molecule has 4 nitrogen and oxygen atoms in total. The first-order valence-corrected chi connectivity index (χ1v) is 6.37. The molecule has 0 saturated carbocycles. The van der Waals surface area contributed by atoms with Crippen LogP contribution in [0.1, 0.15) is 24.9 Å². The molecule has 0 fully saturated rings. The number of hydrogen-bond donors (Lipinski definition) is 2. The zero-order valence-electron chi connectivity index (χ0n) is 9.69. The highest BCUT2D eigenvalue weighted by molar-refractivity contribution is 7.80. The normalized spacial score (nSPS) is 14.2. The molecule has 1 heterocycles. The van der Waals surface area contributed by atoms with E-state index < -0.39 is 0 Å². The summed E-state index contributed by atoms with van der Waals surface area (Å²) < 4.78 is 5.02. The molecule has 0 aliphatic rings. The van der Waals surface area contributed by atoms with Crippen LogP contribution in [-0.2, 0) is 4.74 Å². The van der Waals surface area contributed by atoms with Gasteiger partial charge in [0.2, 0.25) is 0 Å². The summed E-state index contributed by atoms with van der Waals surface area (Å²) in [5.74, 6) is 0. The van der Waals surface area contributed by atoms with E-state index >= 15 is 0 Å². The van der Waals surface area contributed by atoms with E-state index in [1.54, 1.807) is 24.6 Å². The monoisotopic (exact) mass is 259 g/mol. The van der Waals surface area contributed by atoms with Gasteiger partial charge in [0.1, 0.15) is 5.01 Å². The Hall–Kier alpha value is -0.720. The Kier molecular flexibility index (Phi) is 5.65. The van der Waals surface area contributed by atoms with Crippen LogP contribution in [0, 0.1) is 0 Å². The van der Waals surface area contributed by atoms with Crippen LogP contribution in [0.3, 0.4) is 0 Å². The second-order valence-corrected chi connectivity index (χ2v) is 4.90. The molecule has 0 amide bonds. The van der Waals surface area contributed by atoms with Crippen molar-refractivity contribution in [2.45, 2.75) is 25.9 Å². The van der Waals surface area contributed by atoms with Crippen LogP contribution in [-0.4, -0.2) is 29.9 Å². The molecule has 16 heavy (non-hydrogen) atoms. The average Bonchev–Trinajstić information content (AvgIpc) is 2.69. The lowest BCUT2D eigenvalue weighted by Gasteiger charge is -2.18. The quantitative estimate of drug-likeness (QED) is 0.788. The fourth-order valence-electron chi connectivity index (χ4n) is 1.26. The van der Waals surface area contributed by atoms with E-state index in [0.717, 1.165) is 5.01 Å². The van der Waals surface area contributed by atoms with E-state index in [0.29, 0.717) is 11.7 Å². The molecular formula is C10H17N3OS2. The molecule has 0 saturated heterocycles. The van der Waals surface area contributed by atoms with Crippen LogP contribution in [0.25, 0.3) is 0 Å². The number of nitrogens with zero attached hydrogens (tertiary/aromatic N) is 1. The number of methoxy groups -OCH3 is 1. The summed E-state index contributed by atoms with van der Waals surface area (Å²) in [6.45, 7) is 4.69. The van der Waals surface area contributed by atoms with Crippen LogP contribution < -0.4 is 10.6 Å². The van der Waals surface area contributed by atoms with Gasteiger partial charge < -0.3 is 15.4 Å². The predicted octanol–water partition coefficient (Wildman–Crippen LogP) is 1.70. The molecule has 2 unspecified atom stereocenters. The summed E-state index contributed by atoms with van der Waals surface area (Å²) in [7, 11) is 1.67. The SMILES string of the molecule is COCC(C)NC(=S)NC(C)c1nccs1. The number of thiocarbonyl (C=S) groups is 1. The third-order valence-electron chi connectivity index (χ3n) is 1.96. The second-order valence-electron chi connectivity index (χ2n) is 3.57. The Balaban J connectivity index is 2.34. The Bertz CT molecular complexity index is 316. The molecule has 0 spiro atoms. The van der Waals surface area contributed by atoms with Crippen molar-refractivity contribution in [2.75, 3.05) is 13.7 Å². The minimum absolute atomic E-state index is 0.134. The molecule has 0 aromatic carbocycles. The summed E-state index contributed by atoms with van der Waals surface area (Å²) in [5, 5.41) is 9.95. The minimum atomic E-state index is 0.134. The Morgan fingerprint density at radius 2 is 2.31 bits per heavy atom. The first-order chi connectivity index (χ1) is 7.63. The Morgan fingerprint density at radius 3 is 2.88 bits per heavy atom. The van der Waals surface area contributed by atoms with Crippen molar-refractivity contribution in [3.05, 3.63) is 16.6 Å². The van der Waals surface area contributed by atoms with E-state index in [9.17, 15) is 0 Å². The number of nitrogens with one attached hydrogen (secondary N) is 2. The van der Waals surface area contributed by atoms with Gasteiger partial charge >= 0.3 is 0 Å². The summed E-state index contributed by atoms with van der Waals surface area (Å²) >= 11 is 6.81. The van der Waals surface area contributed by atoms with Crippen LogP contribution in [0.15, 0.2) is 11.6 Å². The van der Waals surface area contributed by atoms with E-state index in [-0.39, 0.29) is 12.1 Å². The highest BCUT2D eigenvalue weighted by Crippen LogP contribution is 2.14. The maximum Gasteiger partial charge on any atom is 0.167 e. The molecule has 6 heteroatoms. The molecule has 1 rings (SSSR count). The largest absolute Gasteiger partial charge is 0.383 e. The van der Waals surface area contributed by atoms with Crippen molar-refractivity contribution in [2.24, 2.45) is 0 Å². The molecule has 0 aliphatic heterocycles. The fraction of sp³-hybridized carbons (Fsp3) is 0.600. The van der Waals surface area contributed by atoms with Crippen molar-refractivity contribution >= 4 is 28.7 Å². The van der Waals surface area contributed by atoms with Crippen LogP contribution in [0.5, 0.6) is 0 Å². The fourth-order valence-corrected chi connectivity index (χ4v) is 2.29. The summed E-state index contributed by atoms with van der Waals surface area (Å²) in [5.41, 5.74) is 0. The minimum Gasteiger partial charge on any atom is -0.383 e. The van der Waals surface area contributed by atoms with Gasteiger partial charge in [0.05, 0.1) is 12.6 Å². The van der Waals surface area contributed by atoms with Crippen LogP contribution in [0.4, 0.5) is 0 Å². The van der Waals surface area contributed by atoms with Crippen molar-refractivity contribution < 1.29 is 4.74 Å². The van der Waals surface area contributed by atoms with Gasteiger partial charge in [-0.25, -0.2) is 4.98 Å². The molecule has 1 aromatic heterocycles. The van der Waals surface area contributed by atoms with Crippen LogP contribution in [0.2, 0.25) is 0 Å². The third-order valence-corrected chi connectivity index (χ3v) is 3.16. The van der Waals surface area contributed by atoms with Crippen molar-refractivity contribution in [3.8, 4) is 0 Å². The molecule has 0 aliphatic carbocycles. The molecular weight excluding hydrogens is 242 g/mol.